The molecule has 2 N–H and O–H groups in total. The molecule has 10 heteroatoms. The van der Waals surface area contributed by atoms with E-state index in [1.54, 1.807) is 24.3 Å². The Balaban J connectivity index is 2.17. The van der Waals surface area contributed by atoms with Crippen molar-refractivity contribution in [2.45, 2.75) is 18.5 Å². The molecule has 138 valence electrons. The van der Waals surface area contributed by atoms with Gasteiger partial charge in [-0.25, -0.2) is 5.01 Å². The summed E-state index contributed by atoms with van der Waals surface area (Å²) in [6.07, 6.45) is -11.0. The third-order valence-electron chi connectivity index (χ3n) is 3.80. The van der Waals surface area contributed by atoms with Crippen LogP contribution in [0.1, 0.15) is 28.4 Å². The summed E-state index contributed by atoms with van der Waals surface area (Å²) in [7, 11) is 0. The van der Waals surface area contributed by atoms with Crippen LogP contribution in [0, 0.1) is 0 Å². The number of halogens is 7. The highest BCUT2D eigenvalue weighted by Crippen LogP contribution is 2.40. The van der Waals surface area contributed by atoms with Gasteiger partial charge in [0.05, 0.1) is 16.8 Å². The van der Waals surface area contributed by atoms with Crippen LogP contribution in [0.3, 0.4) is 0 Å². The molecule has 0 spiro atoms. The van der Waals surface area contributed by atoms with E-state index < -0.39 is 35.3 Å². The number of nitrogens with two attached hydrogens (primary N) is 1. The second-order valence-electron chi connectivity index (χ2n) is 5.53. The molecule has 0 saturated heterocycles. The van der Waals surface area contributed by atoms with Gasteiger partial charge in [-0.1, -0.05) is 35.9 Å². The summed E-state index contributed by atoms with van der Waals surface area (Å²) in [5.74, 6) is 0. The Morgan fingerprint density at radius 2 is 1.46 bits per heavy atom. The van der Waals surface area contributed by atoms with Crippen LogP contribution in [0.4, 0.5) is 32.0 Å². The summed E-state index contributed by atoms with van der Waals surface area (Å²) in [5.41, 5.74) is 3.51. The predicted octanol–water partition coefficient (Wildman–Crippen LogP) is 5.10. The van der Waals surface area contributed by atoms with Gasteiger partial charge in [-0.3, -0.25) is 0 Å². The summed E-state index contributed by atoms with van der Waals surface area (Å²) < 4.78 is 78.2. The van der Waals surface area contributed by atoms with Crippen molar-refractivity contribution in [3.63, 3.8) is 0 Å². The Kier molecular flexibility index (Phi) is 4.40. The maximum absolute atomic E-state index is 13.0. The molecular weight excluding hydrogens is 384 g/mol. The third kappa shape index (κ3) is 3.36. The highest BCUT2D eigenvalue weighted by atomic mass is 35.5. The fourth-order valence-corrected chi connectivity index (χ4v) is 2.83. The van der Waals surface area contributed by atoms with E-state index >= 15 is 0 Å². The number of anilines is 1. The average molecular weight is 394 g/mol. The SMILES string of the molecule is NC1c2ccccc2C(Cl)=NN1c1cc(C(F)(F)F)cc(C(F)(F)F)c1. The summed E-state index contributed by atoms with van der Waals surface area (Å²) in [6, 6.07) is 7.60. The first-order chi connectivity index (χ1) is 12.0. The Morgan fingerprint density at radius 1 is 0.923 bits per heavy atom. The van der Waals surface area contributed by atoms with Crippen LogP contribution in [0.5, 0.6) is 0 Å². The Hall–Kier alpha value is -2.26. The molecule has 0 aliphatic carbocycles. The van der Waals surface area contributed by atoms with Crippen molar-refractivity contribution in [2.75, 3.05) is 5.01 Å². The van der Waals surface area contributed by atoms with Gasteiger partial charge >= 0.3 is 12.4 Å². The van der Waals surface area contributed by atoms with Crippen molar-refractivity contribution in [1.29, 1.82) is 0 Å². The van der Waals surface area contributed by atoms with Crippen LogP contribution in [0.25, 0.3) is 0 Å². The topological polar surface area (TPSA) is 41.6 Å². The number of nitrogens with zero attached hydrogens (tertiary/aromatic N) is 2. The second kappa shape index (κ2) is 6.17. The van der Waals surface area contributed by atoms with E-state index in [4.69, 9.17) is 17.3 Å². The quantitative estimate of drug-likeness (QED) is 0.685. The molecule has 0 amide bonds. The molecule has 3 rings (SSSR count). The number of hydrogen-bond donors (Lipinski definition) is 1. The van der Waals surface area contributed by atoms with Crippen molar-refractivity contribution >= 4 is 22.5 Å². The molecule has 0 bridgehead atoms. The van der Waals surface area contributed by atoms with Gasteiger partial charge in [0.1, 0.15) is 6.17 Å². The number of benzene rings is 2. The highest BCUT2D eigenvalue weighted by Gasteiger charge is 2.38. The molecular formula is C16H10ClF6N3. The first kappa shape index (κ1) is 18.5. The minimum absolute atomic E-state index is 0.0399. The normalized spacial score (nSPS) is 17.8. The molecule has 26 heavy (non-hydrogen) atoms. The van der Waals surface area contributed by atoms with Gasteiger partial charge in [-0.05, 0) is 18.2 Å². The fraction of sp³-hybridized carbons (Fsp3) is 0.188. The maximum Gasteiger partial charge on any atom is 0.416 e. The second-order valence-corrected chi connectivity index (χ2v) is 5.89. The van der Waals surface area contributed by atoms with Crippen molar-refractivity contribution in [3.8, 4) is 0 Å². The molecule has 0 fully saturated rings. The molecule has 2 aromatic carbocycles. The van der Waals surface area contributed by atoms with Gasteiger partial charge in [0, 0.05) is 11.1 Å². The number of alkyl halides is 6. The highest BCUT2D eigenvalue weighted by molar-refractivity contribution is 6.70. The lowest BCUT2D eigenvalue weighted by Crippen LogP contribution is -2.35. The average Bonchev–Trinajstić information content (AvgIpc) is 2.56. The third-order valence-corrected chi connectivity index (χ3v) is 4.08. The van der Waals surface area contributed by atoms with Gasteiger partial charge in [0.25, 0.3) is 0 Å². The van der Waals surface area contributed by atoms with E-state index in [1.165, 1.54) is 0 Å². The van der Waals surface area contributed by atoms with E-state index in [9.17, 15) is 26.3 Å². The Labute approximate surface area is 148 Å². The lowest BCUT2D eigenvalue weighted by atomic mass is 10.0. The summed E-state index contributed by atoms with van der Waals surface area (Å²) in [4.78, 5) is 0. The van der Waals surface area contributed by atoms with Gasteiger partial charge < -0.3 is 5.73 Å². The zero-order valence-corrected chi connectivity index (χ0v) is 13.5. The monoisotopic (exact) mass is 393 g/mol. The molecule has 1 unspecified atom stereocenters. The van der Waals surface area contributed by atoms with E-state index in [0.717, 1.165) is 5.01 Å². The van der Waals surface area contributed by atoms with Gasteiger partial charge in [0.15, 0.2) is 5.17 Å². The molecule has 1 atom stereocenters. The number of fused-ring (bicyclic) bond motifs is 1. The number of hydrogen-bond acceptors (Lipinski definition) is 3. The van der Waals surface area contributed by atoms with Gasteiger partial charge in [0.2, 0.25) is 0 Å². The standard InChI is InChI=1S/C16H10ClF6N3/c17-13-11-3-1-2-4-12(11)14(24)26(25-13)10-6-8(15(18,19)20)5-9(7-10)16(21,22)23/h1-7,14H,24H2. The molecule has 2 aromatic rings. The molecule has 1 aliphatic rings. The first-order valence-corrected chi connectivity index (χ1v) is 7.54. The predicted molar refractivity (Wildman–Crippen MR) is 84.7 cm³/mol. The number of hydrazone groups is 1. The van der Waals surface area contributed by atoms with E-state index in [0.29, 0.717) is 23.3 Å². The first-order valence-electron chi connectivity index (χ1n) is 7.16. The number of rotatable bonds is 1. The maximum atomic E-state index is 13.0. The van der Waals surface area contributed by atoms with Crippen LogP contribution in [0.2, 0.25) is 0 Å². The van der Waals surface area contributed by atoms with Crippen LogP contribution in [-0.2, 0) is 12.4 Å². The van der Waals surface area contributed by atoms with Crippen LogP contribution < -0.4 is 10.7 Å². The molecule has 0 radical (unpaired) electrons. The zero-order chi connectivity index (χ0) is 19.3. The summed E-state index contributed by atoms with van der Waals surface area (Å²) in [6.45, 7) is 0. The molecule has 0 aromatic heterocycles. The fourth-order valence-electron chi connectivity index (χ4n) is 2.57. The zero-order valence-electron chi connectivity index (χ0n) is 12.7. The molecule has 3 nitrogen and oxygen atoms in total. The molecule has 1 aliphatic heterocycles. The molecule has 0 saturated carbocycles. The van der Waals surface area contributed by atoms with E-state index in [-0.39, 0.29) is 11.2 Å². The Bertz CT molecular complexity index is 843. The minimum atomic E-state index is -4.97. The summed E-state index contributed by atoms with van der Waals surface area (Å²) in [5, 5.41) is 4.63. The van der Waals surface area contributed by atoms with Gasteiger partial charge in [-0.15, -0.1) is 0 Å². The van der Waals surface area contributed by atoms with E-state index in [1.807, 2.05) is 0 Å². The molecule has 1 heterocycles. The smallest absolute Gasteiger partial charge is 0.306 e. The van der Waals surface area contributed by atoms with Crippen molar-refractivity contribution < 1.29 is 26.3 Å². The summed E-state index contributed by atoms with van der Waals surface area (Å²) >= 11 is 6.02. The minimum Gasteiger partial charge on any atom is -0.306 e. The van der Waals surface area contributed by atoms with Crippen molar-refractivity contribution in [3.05, 3.63) is 64.7 Å². The van der Waals surface area contributed by atoms with Gasteiger partial charge in [-0.2, -0.15) is 31.4 Å². The van der Waals surface area contributed by atoms with Crippen LogP contribution in [0.15, 0.2) is 47.6 Å². The lowest BCUT2D eigenvalue weighted by Gasteiger charge is -2.32. The lowest BCUT2D eigenvalue weighted by molar-refractivity contribution is -0.143. The largest absolute Gasteiger partial charge is 0.416 e. The van der Waals surface area contributed by atoms with Crippen LogP contribution in [-0.4, -0.2) is 5.17 Å². The van der Waals surface area contributed by atoms with Crippen molar-refractivity contribution in [2.24, 2.45) is 10.8 Å². The Morgan fingerprint density at radius 3 is 2.00 bits per heavy atom. The van der Waals surface area contributed by atoms with Crippen LogP contribution >= 0.6 is 11.6 Å². The van der Waals surface area contributed by atoms with Crippen molar-refractivity contribution in [1.82, 2.24) is 0 Å². The van der Waals surface area contributed by atoms with E-state index in [2.05, 4.69) is 5.10 Å².